The number of hydrogen-bond donors (Lipinski definition) is 1. The van der Waals surface area contributed by atoms with E-state index in [0.717, 1.165) is 0 Å². The lowest BCUT2D eigenvalue weighted by molar-refractivity contribution is -0.138. The van der Waals surface area contributed by atoms with E-state index in [0.29, 0.717) is 17.7 Å². The van der Waals surface area contributed by atoms with E-state index in [2.05, 4.69) is 0 Å². The SMILES string of the molecule is CCCCN(CC(F)(F)C(F)F)C(=O)O. The van der Waals surface area contributed by atoms with Gasteiger partial charge in [-0.25, -0.2) is 13.6 Å². The zero-order valence-corrected chi connectivity index (χ0v) is 8.22. The van der Waals surface area contributed by atoms with Crippen molar-refractivity contribution in [2.45, 2.75) is 32.1 Å². The van der Waals surface area contributed by atoms with Gasteiger partial charge in [-0.1, -0.05) is 13.3 Å². The fraction of sp³-hybridized carbons (Fsp3) is 0.875. The molecule has 7 heteroatoms. The number of amides is 1. The lowest BCUT2D eigenvalue weighted by Crippen LogP contribution is -2.44. The van der Waals surface area contributed by atoms with Crippen molar-refractivity contribution in [3.63, 3.8) is 0 Å². The molecule has 90 valence electrons. The Labute approximate surface area is 84.7 Å². The molecular weight excluding hydrogens is 218 g/mol. The molecule has 0 aliphatic carbocycles. The van der Waals surface area contributed by atoms with Gasteiger partial charge < -0.3 is 10.0 Å². The highest BCUT2D eigenvalue weighted by Crippen LogP contribution is 2.24. The van der Waals surface area contributed by atoms with Crippen LogP contribution in [0.15, 0.2) is 0 Å². The van der Waals surface area contributed by atoms with Crippen LogP contribution in [0.4, 0.5) is 22.4 Å². The van der Waals surface area contributed by atoms with E-state index < -0.39 is 25.0 Å². The number of nitrogens with zero attached hydrogens (tertiary/aromatic N) is 1. The van der Waals surface area contributed by atoms with Crippen LogP contribution in [0.1, 0.15) is 19.8 Å². The second-order valence-electron chi connectivity index (χ2n) is 3.12. The fourth-order valence-electron chi connectivity index (χ4n) is 0.915. The molecule has 0 rings (SSSR count). The Balaban J connectivity index is 4.34. The molecular formula is C8H13F4NO2. The van der Waals surface area contributed by atoms with Crippen LogP contribution in [0, 0.1) is 0 Å². The van der Waals surface area contributed by atoms with Crippen molar-refractivity contribution in [2.75, 3.05) is 13.1 Å². The van der Waals surface area contributed by atoms with Gasteiger partial charge in [0.2, 0.25) is 0 Å². The molecule has 0 fully saturated rings. The summed E-state index contributed by atoms with van der Waals surface area (Å²) in [6.07, 6.45) is -4.49. The summed E-state index contributed by atoms with van der Waals surface area (Å²) in [6, 6.07) is 0. The number of carbonyl (C=O) groups is 1. The second kappa shape index (κ2) is 5.77. The van der Waals surface area contributed by atoms with Crippen LogP contribution in [0.2, 0.25) is 0 Å². The van der Waals surface area contributed by atoms with Crippen LogP contribution >= 0.6 is 0 Å². The first-order valence-corrected chi connectivity index (χ1v) is 4.45. The molecule has 15 heavy (non-hydrogen) atoms. The average Bonchev–Trinajstić information content (AvgIpc) is 2.11. The molecule has 0 aliphatic rings. The molecule has 1 N–H and O–H groups in total. The maximum Gasteiger partial charge on any atom is 0.407 e. The fourth-order valence-corrected chi connectivity index (χ4v) is 0.915. The Morgan fingerprint density at radius 2 is 2.00 bits per heavy atom. The number of hydrogen-bond acceptors (Lipinski definition) is 1. The van der Waals surface area contributed by atoms with Crippen LogP contribution in [-0.2, 0) is 0 Å². The molecule has 0 heterocycles. The lowest BCUT2D eigenvalue weighted by atomic mass is 10.3. The van der Waals surface area contributed by atoms with Gasteiger partial charge in [0.15, 0.2) is 0 Å². The first kappa shape index (κ1) is 14.0. The van der Waals surface area contributed by atoms with E-state index in [-0.39, 0.29) is 6.54 Å². The molecule has 0 saturated carbocycles. The first-order chi connectivity index (χ1) is 6.81. The summed E-state index contributed by atoms with van der Waals surface area (Å²) in [5.41, 5.74) is 0. The van der Waals surface area contributed by atoms with Crippen molar-refractivity contribution in [1.82, 2.24) is 4.90 Å². The van der Waals surface area contributed by atoms with E-state index in [1.165, 1.54) is 0 Å². The minimum Gasteiger partial charge on any atom is -0.465 e. The summed E-state index contributed by atoms with van der Waals surface area (Å²) >= 11 is 0. The van der Waals surface area contributed by atoms with Gasteiger partial charge in [0.25, 0.3) is 0 Å². The van der Waals surface area contributed by atoms with Gasteiger partial charge in [-0.2, -0.15) is 8.78 Å². The topological polar surface area (TPSA) is 40.5 Å². The minimum atomic E-state index is -4.29. The van der Waals surface area contributed by atoms with Crippen LogP contribution < -0.4 is 0 Å². The predicted molar refractivity (Wildman–Crippen MR) is 45.5 cm³/mol. The molecule has 0 aromatic carbocycles. The molecule has 0 radical (unpaired) electrons. The van der Waals surface area contributed by atoms with E-state index in [4.69, 9.17) is 5.11 Å². The zero-order valence-electron chi connectivity index (χ0n) is 8.22. The highest BCUT2D eigenvalue weighted by molar-refractivity contribution is 5.65. The van der Waals surface area contributed by atoms with Crippen LogP contribution in [0.3, 0.4) is 0 Å². The van der Waals surface area contributed by atoms with Crippen molar-refractivity contribution in [3.8, 4) is 0 Å². The zero-order chi connectivity index (χ0) is 12.1. The summed E-state index contributed by atoms with van der Waals surface area (Å²) in [6.45, 7) is 0.124. The van der Waals surface area contributed by atoms with Crippen molar-refractivity contribution in [2.24, 2.45) is 0 Å². The van der Waals surface area contributed by atoms with E-state index in [9.17, 15) is 22.4 Å². The van der Waals surface area contributed by atoms with Crippen LogP contribution in [-0.4, -0.2) is 41.5 Å². The monoisotopic (exact) mass is 231 g/mol. The van der Waals surface area contributed by atoms with Gasteiger partial charge in [0.05, 0.1) is 6.54 Å². The highest BCUT2D eigenvalue weighted by atomic mass is 19.3. The Kier molecular flexibility index (Phi) is 5.38. The van der Waals surface area contributed by atoms with Crippen molar-refractivity contribution < 1.29 is 27.5 Å². The molecule has 0 bridgehead atoms. The average molecular weight is 231 g/mol. The highest BCUT2D eigenvalue weighted by Gasteiger charge is 2.43. The first-order valence-electron chi connectivity index (χ1n) is 4.45. The third-order valence-corrected chi connectivity index (χ3v) is 1.77. The number of carboxylic acid groups (broad SMARTS) is 1. The maximum atomic E-state index is 12.5. The summed E-state index contributed by atoms with van der Waals surface area (Å²) in [7, 11) is 0. The largest absolute Gasteiger partial charge is 0.465 e. The molecule has 0 saturated heterocycles. The second-order valence-corrected chi connectivity index (χ2v) is 3.12. The Morgan fingerprint density at radius 1 is 1.47 bits per heavy atom. The predicted octanol–water partition coefficient (Wildman–Crippen LogP) is 2.67. The van der Waals surface area contributed by atoms with Gasteiger partial charge in [0.1, 0.15) is 0 Å². The van der Waals surface area contributed by atoms with E-state index in [1.807, 2.05) is 0 Å². The molecule has 3 nitrogen and oxygen atoms in total. The minimum absolute atomic E-state index is 0.159. The standard InChI is InChI=1S/C8H13F4NO2/c1-2-3-4-13(7(14)15)5-8(11,12)6(9)10/h6H,2-5H2,1H3,(H,14,15). The van der Waals surface area contributed by atoms with Gasteiger partial charge in [-0.15, -0.1) is 0 Å². The molecule has 0 aromatic rings. The number of unbranched alkanes of at least 4 members (excludes halogenated alkanes) is 1. The number of alkyl halides is 4. The summed E-state index contributed by atoms with van der Waals surface area (Å²) in [5.74, 6) is -4.29. The smallest absolute Gasteiger partial charge is 0.407 e. The molecule has 0 spiro atoms. The van der Waals surface area contributed by atoms with Gasteiger partial charge in [-0.3, -0.25) is 0 Å². The summed E-state index contributed by atoms with van der Waals surface area (Å²) in [4.78, 5) is 10.8. The number of rotatable bonds is 6. The third kappa shape index (κ3) is 4.85. The lowest BCUT2D eigenvalue weighted by Gasteiger charge is -2.24. The third-order valence-electron chi connectivity index (χ3n) is 1.77. The van der Waals surface area contributed by atoms with Crippen molar-refractivity contribution >= 4 is 6.09 Å². The summed E-state index contributed by atoms with van der Waals surface area (Å²) < 4.78 is 48.6. The summed E-state index contributed by atoms with van der Waals surface area (Å²) in [5, 5.41) is 8.49. The van der Waals surface area contributed by atoms with Gasteiger partial charge >= 0.3 is 18.4 Å². The normalized spacial score (nSPS) is 11.9. The molecule has 0 aromatic heterocycles. The molecule has 0 unspecified atom stereocenters. The molecule has 0 atom stereocenters. The van der Waals surface area contributed by atoms with Crippen molar-refractivity contribution in [3.05, 3.63) is 0 Å². The van der Waals surface area contributed by atoms with Crippen molar-refractivity contribution in [1.29, 1.82) is 0 Å². The van der Waals surface area contributed by atoms with E-state index in [1.54, 1.807) is 6.92 Å². The Morgan fingerprint density at radius 3 is 2.33 bits per heavy atom. The van der Waals surface area contributed by atoms with Gasteiger partial charge in [0, 0.05) is 6.54 Å². The number of halogens is 4. The molecule has 1 amide bonds. The molecule has 0 aliphatic heterocycles. The van der Waals surface area contributed by atoms with Crippen LogP contribution in [0.25, 0.3) is 0 Å². The quantitative estimate of drug-likeness (QED) is 0.714. The maximum absolute atomic E-state index is 12.5. The van der Waals surface area contributed by atoms with Crippen LogP contribution in [0.5, 0.6) is 0 Å². The Bertz CT molecular complexity index is 211. The van der Waals surface area contributed by atoms with Gasteiger partial charge in [-0.05, 0) is 6.42 Å². The van der Waals surface area contributed by atoms with E-state index >= 15 is 0 Å². The Hall–Kier alpha value is -1.01.